The average Bonchev–Trinajstić information content (AvgIpc) is 2.40. The highest BCUT2D eigenvalue weighted by molar-refractivity contribution is 6.42. The van der Waals surface area contributed by atoms with Crippen molar-refractivity contribution in [1.82, 2.24) is 0 Å². The maximum atomic E-state index is 12.2. The van der Waals surface area contributed by atoms with Gasteiger partial charge in [-0.05, 0) is 23.8 Å². The topological polar surface area (TPSA) is 43.1 Å². The Morgan fingerprint density at radius 3 is 2.20 bits per heavy atom. The van der Waals surface area contributed by atoms with Crippen LogP contribution in [0.25, 0.3) is 0 Å². The SMILES string of the molecule is Nc1c(Cl)cc(C(=O)Cc2cccc(Cl)c2Cl)cc1Cl. The van der Waals surface area contributed by atoms with Crippen LogP contribution in [0.4, 0.5) is 5.69 Å². The Morgan fingerprint density at radius 2 is 1.60 bits per heavy atom. The van der Waals surface area contributed by atoms with Gasteiger partial charge in [-0.1, -0.05) is 58.5 Å². The summed E-state index contributed by atoms with van der Waals surface area (Å²) in [6, 6.07) is 8.12. The standard InChI is InChI=1S/C14H9Cl4NO/c15-9-3-1-2-7(13(9)18)6-12(20)8-4-10(16)14(19)11(17)5-8/h1-5H,6,19H2. The quantitative estimate of drug-likeness (QED) is 0.603. The predicted molar refractivity (Wildman–Crippen MR) is 85.4 cm³/mol. The summed E-state index contributed by atoms with van der Waals surface area (Å²) in [7, 11) is 0. The molecule has 0 bridgehead atoms. The number of Topliss-reactive ketones (excluding diaryl/α,β-unsaturated/α-hetero) is 1. The molecule has 2 rings (SSSR count). The van der Waals surface area contributed by atoms with Crippen LogP contribution >= 0.6 is 46.4 Å². The number of halogens is 4. The lowest BCUT2D eigenvalue weighted by atomic mass is 10.0. The highest BCUT2D eigenvalue weighted by Crippen LogP contribution is 2.30. The van der Waals surface area contributed by atoms with E-state index in [1.165, 1.54) is 12.1 Å². The van der Waals surface area contributed by atoms with Gasteiger partial charge in [0, 0.05) is 12.0 Å². The highest BCUT2D eigenvalue weighted by Gasteiger charge is 2.14. The lowest BCUT2D eigenvalue weighted by Gasteiger charge is -2.08. The zero-order valence-corrected chi connectivity index (χ0v) is 13.1. The van der Waals surface area contributed by atoms with Gasteiger partial charge in [0.05, 0.1) is 25.8 Å². The third-order valence-corrected chi connectivity index (χ3v) is 4.27. The maximum absolute atomic E-state index is 12.2. The number of carbonyl (C=O) groups excluding carboxylic acids is 1. The second-order valence-electron chi connectivity index (χ2n) is 4.17. The van der Waals surface area contributed by atoms with Gasteiger partial charge in [-0.3, -0.25) is 4.79 Å². The smallest absolute Gasteiger partial charge is 0.167 e. The molecule has 0 unspecified atom stereocenters. The van der Waals surface area contributed by atoms with Crippen LogP contribution < -0.4 is 5.73 Å². The van der Waals surface area contributed by atoms with Crippen molar-refractivity contribution in [3.05, 3.63) is 61.5 Å². The maximum Gasteiger partial charge on any atom is 0.167 e. The van der Waals surface area contributed by atoms with E-state index in [1.807, 2.05) is 0 Å². The largest absolute Gasteiger partial charge is 0.396 e. The minimum Gasteiger partial charge on any atom is -0.396 e. The van der Waals surface area contributed by atoms with Crippen LogP contribution in [-0.2, 0) is 6.42 Å². The van der Waals surface area contributed by atoms with Crippen LogP contribution in [0.2, 0.25) is 20.1 Å². The Bertz CT molecular complexity index is 662. The molecule has 0 saturated heterocycles. The van der Waals surface area contributed by atoms with Crippen molar-refractivity contribution >= 4 is 57.9 Å². The summed E-state index contributed by atoms with van der Waals surface area (Å²) in [6.07, 6.45) is 0.107. The Balaban J connectivity index is 2.31. The first-order valence-electron chi connectivity index (χ1n) is 5.60. The predicted octanol–water partition coefficient (Wildman–Crippen LogP) is 5.31. The van der Waals surface area contributed by atoms with E-state index >= 15 is 0 Å². The van der Waals surface area contributed by atoms with Gasteiger partial charge in [0.1, 0.15) is 0 Å². The molecule has 0 fully saturated rings. The number of hydrogen-bond acceptors (Lipinski definition) is 2. The molecular weight excluding hydrogens is 340 g/mol. The van der Waals surface area contributed by atoms with Crippen LogP contribution in [0.3, 0.4) is 0 Å². The second kappa shape index (κ2) is 6.23. The number of nitrogen functional groups attached to an aromatic ring is 1. The molecule has 0 saturated carbocycles. The van der Waals surface area contributed by atoms with Gasteiger partial charge in [-0.15, -0.1) is 0 Å². The molecule has 6 heteroatoms. The third-order valence-electron chi connectivity index (χ3n) is 2.78. The Morgan fingerprint density at radius 1 is 1.00 bits per heavy atom. The van der Waals surface area contributed by atoms with E-state index in [-0.39, 0.29) is 27.9 Å². The molecule has 0 heterocycles. The van der Waals surface area contributed by atoms with E-state index in [9.17, 15) is 4.79 Å². The molecule has 20 heavy (non-hydrogen) atoms. The number of rotatable bonds is 3. The van der Waals surface area contributed by atoms with Crippen molar-refractivity contribution in [2.45, 2.75) is 6.42 Å². The third kappa shape index (κ3) is 3.21. The van der Waals surface area contributed by atoms with Gasteiger partial charge in [0.2, 0.25) is 0 Å². The summed E-state index contributed by atoms with van der Waals surface area (Å²) in [5.41, 5.74) is 6.92. The van der Waals surface area contributed by atoms with Gasteiger partial charge in [0.15, 0.2) is 5.78 Å². The summed E-state index contributed by atoms with van der Waals surface area (Å²) in [5.74, 6) is -0.169. The number of hydrogen-bond donors (Lipinski definition) is 1. The van der Waals surface area contributed by atoms with Crippen molar-refractivity contribution in [2.24, 2.45) is 0 Å². The number of ketones is 1. The van der Waals surface area contributed by atoms with Gasteiger partial charge in [0.25, 0.3) is 0 Å². The van der Waals surface area contributed by atoms with E-state index < -0.39 is 0 Å². The first kappa shape index (κ1) is 15.5. The van der Waals surface area contributed by atoms with Gasteiger partial charge >= 0.3 is 0 Å². The zero-order chi connectivity index (χ0) is 14.9. The molecule has 0 radical (unpaired) electrons. The molecule has 0 spiro atoms. The molecule has 0 aliphatic rings. The van der Waals surface area contributed by atoms with Crippen molar-refractivity contribution in [2.75, 3.05) is 5.73 Å². The number of carbonyl (C=O) groups is 1. The molecule has 0 amide bonds. The van der Waals surface area contributed by atoms with Gasteiger partial charge in [-0.25, -0.2) is 0 Å². The Hall–Kier alpha value is -0.930. The minimum absolute atomic E-state index is 0.107. The fraction of sp³-hybridized carbons (Fsp3) is 0.0714. The molecular formula is C14H9Cl4NO. The fourth-order valence-corrected chi connectivity index (χ4v) is 2.58. The molecule has 0 aliphatic carbocycles. The lowest BCUT2D eigenvalue weighted by Crippen LogP contribution is -2.05. The summed E-state index contributed by atoms with van der Waals surface area (Å²) in [4.78, 5) is 12.2. The van der Waals surface area contributed by atoms with Crippen LogP contribution in [0, 0.1) is 0 Å². The van der Waals surface area contributed by atoms with Crippen LogP contribution in [0.15, 0.2) is 30.3 Å². The molecule has 2 nitrogen and oxygen atoms in total. The summed E-state index contributed by atoms with van der Waals surface area (Å²) in [6.45, 7) is 0. The Labute approximate surface area is 136 Å². The second-order valence-corrected chi connectivity index (χ2v) is 5.77. The lowest BCUT2D eigenvalue weighted by molar-refractivity contribution is 0.0993. The van der Waals surface area contributed by atoms with Crippen molar-refractivity contribution in [1.29, 1.82) is 0 Å². The number of benzene rings is 2. The van der Waals surface area contributed by atoms with Crippen LogP contribution in [0.1, 0.15) is 15.9 Å². The van der Waals surface area contributed by atoms with Crippen LogP contribution in [0.5, 0.6) is 0 Å². The molecule has 0 aromatic heterocycles. The first-order valence-corrected chi connectivity index (χ1v) is 7.12. The molecule has 2 N–H and O–H groups in total. The van der Waals surface area contributed by atoms with E-state index in [0.29, 0.717) is 21.2 Å². The molecule has 0 aliphatic heterocycles. The van der Waals surface area contributed by atoms with Crippen LogP contribution in [-0.4, -0.2) is 5.78 Å². The normalized spacial score (nSPS) is 10.6. The monoisotopic (exact) mass is 347 g/mol. The van der Waals surface area contributed by atoms with Crippen molar-refractivity contribution < 1.29 is 4.79 Å². The fourth-order valence-electron chi connectivity index (χ4n) is 1.71. The van der Waals surface area contributed by atoms with Gasteiger partial charge < -0.3 is 5.73 Å². The summed E-state index contributed by atoms with van der Waals surface area (Å²) in [5, 5.41) is 1.27. The molecule has 2 aromatic rings. The van der Waals surface area contributed by atoms with E-state index in [2.05, 4.69) is 0 Å². The van der Waals surface area contributed by atoms with Gasteiger partial charge in [-0.2, -0.15) is 0 Å². The Kier molecular flexibility index (Phi) is 4.82. The minimum atomic E-state index is -0.169. The number of nitrogens with two attached hydrogens (primary N) is 1. The van der Waals surface area contributed by atoms with Crippen molar-refractivity contribution in [3.63, 3.8) is 0 Å². The number of anilines is 1. The average molecular weight is 349 g/mol. The highest BCUT2D eigenvalue weighted by atomic mass is 35.5. The van der Waals surface area contributed by atoms with E-state index in [4.69, 9.17) is 52.1 Å². The molecule has 0 atom stereocenters. The molecule has 2 aromatic carbocycles. The summed E-state index contributed by atoms with van der Waals surface area (Å²) >= 11 is 23.8. The molecule has 104 valence electrons. The van der Waals surface area contributed by atoms with E-state index in [0.717, 1.165) is 0 Å². The zero-order valence-electron chi connectivity index (χ0n) is 10.1. The first-order chi connectivity index (χ1) is 9.40. The summed E-state index contributed by atoms with van der Waals surface area (Å²) < 4.78 is 0. The van der Waals surface area contributed by atoms with E-state index in [1.54, 1.807) is 18.2 Å². The van der Waals surface area contributed by atoms with Crippen molar-refractivity contribution in [3.8, 4) is 0 Å².